The van der Waals surface area contributed by atoms with Crippen molar-refractivity contribution in [3.63, 3.8) is 0 Å². The summed E-state index contributed by atoms with van der Waals surface area (Å²) in [6.45, 7) is 0. The fraction of sp³-hybridized carbons (Fsp3) is 0.0500. The summed E-state index contributed by atoms with van der Waals surface area (Å²) >= 11 is 0. The van der Waals surface area contributed by atoms with Crippen LogP contribution in [0.25, 0.3) is 21.9 Å². The number of amides is 1. The molecular weight excluding hydrogens is 300 g/mol. The number of hydrogen-bond donors (Lipinski definition) is 2. The molecule has 0 spiro atoms. The Morgan fingerprint density at radius 2 is 1.54 bits per heavy atom. The fourth-order valence-electron chi connectivity index (χ4n) is 2.82. The average Bonchev–Trinajstić information content (AvgIpc) is 3.00. The van der Waals surface area contributed by atoms with Gasteiger partial charge in [0.25, 0.3) is 5.91 Å². The van der Waals surface area contributed by atoms with Gasteiger partial charge in [-0.05, 0) is 48.5 Å². The quantitative estimate of drug-likeness (QED) is 0.576. The van der Waals surface area contributed by atoms with E-state index in [1.807, 2.05) is 42.5 Å². The van der Waals surface area contributed by atoms with E-state index < -0.39 is 0 Å². The Hall–Kier alpha value is -3.27. The molecule has 0 saturated carbocycles. The molecule has 118 valence electrons. The minimum absolute atomic E-state index is 0.0900. The first kappa shape index (κ1) is 14.3. The predicted molar refractivity (Wildman–Crippen MR) is 96.8 cm³/mol. The minimum Gasteiger partial charge on any atom is -0.456 e. The van der Waals surface area contributed by atoms with Gasteiger partial charge < -0.3 is 15.1 Å². The molecule has 4 aromatic rings. The van der Waals surface area contributed by atoms with E-state index >= 15 is 0 Å². The zero-order valence-corrected chi connectivity index (χ0v) is 13.2. The molecule has 0 bridgehead atoms. The minimum atomic E-state index is -0.0900. The van der Waals surface area contributed by atoms with E-state index in [9.17, 15) is 4.79 Å². The van der Waals surface area contributed by atoms with Crippen molar-refractivity contribution in [3.8, 4) is 0 Å². The second kappa shape index (κ2) is 5.74. The van der Waals surface area contributed by atoms with Crippen molar-refractivity contribution in [3.05, 3.63) is 72.3 Å². The van der Waals surface area contributed by atoms with Gasteiger partial charge in [-0.3, -0.25) is 4.79 Å². The van der Waals surface area contributed by atoms with E-state index in [1.165, 1.54) is 0 Å². The van der Waals surface area contributed by atoms with Gasteiger partial charge in [0.05, 0.1) is 0 Å². The third-order valence-corrected chi connectivity index (χ3v) is 4.04. The molecule has 0 unspecified atom stereocenters. The van der Waals surface area contributed by atoms with Crippen LogP contribution in [0, 0.1) is 0 Å². The van der Waals surface area contributed by atoms with E-state index in [4.69, 9.17) is 4.42 Å². The molecule has 3 aromatic carbocycles. The highest BCUT2D eigenvalue weighted by atomic mass is 16.3. The van der Waals surface area contributed by atoms with Crippen LogP contribution in [0.4, 0.5) is 11.4 Å². The zero-order valence-electron chi connectivity index (χ0n) is 13.2. The number of furan rings is 1. The van der Waals surface area contributed by atoms with Crippen molar-refractivity contribution in [2.75, 3.05) is 12.4 Å². The number of carbonyl (C=O) groups is 1. The van der Waals surface area contributed by atoms with Crippen molar-refractivity contribution in [1.82, 2.24) is 5.32 Å². The number of para-hydroxylation sites is 1. The second-order valence-corrected chi connectivity index (χ2v) is 5.59. The number of rotatable bonds is 3. The van der Waals surface area contributed by atoms with Gasteiger partial charge in [-0.2, -0.15) is 0 Å². The molecule has 0 fully saturated rings. The molecule has 4 heteroatoms. The Morgan fingerprint density at radius 3 is 2.33 bits per heavy atom. The number of nitrogens with one attached hydrogen (secondary N) is 2. The van der Waals surface area contributed by atoms with Crippen LogP contribution in [0.15, 0.2) is 71.1 Å². The summed E-state index contributed by atoms with van der Waals surface area (Å²) in [7, 11) is 1.62. The van der Waals surface area contributed by atoms with Gasteiger partial charge in [0.15, 0.2) is 0 Å². The number of fused-ring (bicyclic) bond motifs is 3. The molecule has 0 aliphatic heterocycles. The van der Waals surface area contributed by atoms with Crippen LogP contribution < -0.4 is 10.6 Å². The maximum absolute atomic E-state index is 11.6. The topological polar surface area (TPSA) is 54.3 Å². The molecule has 0 aliphatic carbocycles. The highest BCUT2D eigenvalue weighted by Crippen LogP contribution is 2.31. The number of carbonyl (C=O) groups excluding carboxylic acids is 1. The molecule has 4 nitrogen and oxygen atoms in total. The lowest BCUT2D eigenvalue weighted by atomic mass is 10.1. The standard InChI is InChI=1S/C20H16N2O2/c1-21-20(23)13-6-8-14(9-7-13)22-15-10-11-19-17(12-15)16-4-2-3-5-18(16)24-19/h2-12,22H,1H3,(H,21,23). The van der Waals surface area contributed by atoms with Gasteiger partial charge in [0.2, 0.25) is 0 Å². The highest BCUT2D eigenvalue weighted by Gasteiger charge is 2.07. The summed E-state index contributed by atoms with van der Waals surface area (Å²) in [4.78, 5) is 11.6. The zero-order chi connectivity index (χ0) is 16.5. The van der Waals surface area contributed by atoms with Gasteiger partial charge in [-0.1, -0.05) is 18.2 Å². The summed E-state index contributed by atoms with van der Waals surface area (Å²) in [5.74, 6) is -0.0900. The number of anilines is 2. The monoisotopic (exact) mass is 316 g/mol. The maximum atomic E-state index is 11.6. The molecule has 1 heterocycles. The third kappa shape index (κ3) is 2.48. The van der Waals surface area contributed by atoms with Crippen molar-refractivity contribution in [2.45, 2.75) is 0 Å². The largest absolute Gasteiger partial charge is 0.456 e. The van der Waals surface area contributed by atoms with Crippen molar-refractivity contribution in [1.29, 1.82) is 0 Å². The summed E-state index contributed by atoms with van der Waals surface area (Å²) < 4.78 is 5.84. The molecular formula is C20H16N2O2. The molecule has 0 atom stereocenters. The molecule has 0 radical (unpaired) electrons. The smallest absolute Gasteiger partial charge is 0.251 e. The van der Waals surface area contributed by atoms with E-state index in [2.05, 4.69) is 22.8 Å². The first-order valence-corrected chi connectivity index (χ1v) is 7.75. The van der Waals surface area contributed by atoms with E-state index in [0.29, 0.717) is 5.56 Å². The second-order valence-electron chi connectivity index (χ2n) is 5.59. The fourth-order valence-corrected chi connectivity index (χ4v) is 2.82. The first-order valence-electron chi connectivity index (χ1n) is 7.75. The van der Waals surface area contributed by atoms with Crippen LogP contribution in [0.3, 0.4) is 0 Å². The Kier molecular flexibility index (Phi) is 3.43. The summed E-state index contributed by atoms with van der Waals surface area (Å²) in [5.41, 5.74) is 4.30. The van der Waals surface area contributed by atoms with Gasteiger partial charge in [-0.25, -0.2) is 0 Å². The van der Waals surface area contributed by atoms with Gasteiger partial charge in [0, 0.05) is 34.8 Å². The Bertz CT molecular complexity index is 1030. The lowest BCUT2D eigenvalue weighted by Gasteiger charge is -2.07. The number of hydrogen-bond acceptors (Lipinski definition) is 3. The lowest BCUT2D eigenvalue weighted by Crippen LogP contribution is -2.17. The maximum Gasteiger partial charge on any atom is 0.251 e. The average molecular weight is 316 g/mol. The van der Waals surface area contributed by atoms with Gasteiger partial charge in [0.1, 0.15) is 11.2 Å². The van der Waals surface area contributed by atoms with E-state index in [1.54, 1.807) is 19.2 Å². The summed E-state index contributed by atoms with van der Waals surface area (Å²) in [6, 6.07) is 21.4. The molecule has 0 aliphatic rings. The van der Waals surface area contributed by atoms with E-state index in [0.717, 1.165) is 33.3 Å². The number of benzene rings is 3. The first-order chi connectivity index (χ1) is 11.7. The van der Waals surface area contributed by atoms with Crippen LogP contribution in [-0.4, -0.2) is 13.0 Å². The molecule has 4 rings (SSSR count). The normalized spacial score (nSPS) is 10.9. The predicted octanol–water partition coefficient (Wildman–Crippen LogP) is 4.69. The Morgan fingerprint density at radius 1 is 0.833 bits per heavy atom. The van der Waals surface area contributed by atoms with Crippen LogP contribution >= 0.6 is 0 Å². The van der Waals surface area contributed by atoms with Crippen LogP contribution in [0.1, 0.15) is 10.4 Å². The van der Waals surface area contributed by atoms with Crippen molar-refractivity contribution >= 4 is 39.2 Å². The lowest BCUT2D eigenvalue weighted by molar-refractivity contribution is 0.0963. The molecule has 1 amide bonds. The van der Waals surface area contributed by atoms with Crippen molar-refractivity contribution in [2.24, 2.45) is 0 Å². The van der Waals surface area contributed by atoms with Crippen LogP contribution in [0.5, 0.6) is 0 Å². The molecule has 0 saturated heterocycles. The SMILES string of the molecule is CNC(=O)c1ccc(Nc2ccc3oc4ccccc4c3c2)cc1. The molecule has 1 aromatic heterocycles. The molecule has 2 N–H and O–H groups in total. The third-order valence-electron chi connectivity index (χ3n) is 4.04. The van der Waals surface area contributed by atoms with Gasteiger partial charge in [-0.15, -0.1) is 0 Å². The van der Waals surface area contributed by atoms with Crippen LogP contribution in [-0.2, 0) is 0 Å². The Labute approximate surface area is 139 Å². The summed E-state index contributed by atoms with van der Waals surface area (Å²) in [6.07, 6.45) is 0. The van der Waals surface area contributed by atoms with E-state index in [-0.39, 0.29) is 5.91 Å². The highest BCUT2D eigenvalue weighted by molar-refractivity contribution is 6.06. The van der Waals surface area contributed by atoms with Gasteiger partial charge >= 0.3 is 0 Å². The summed E-state index contributed by atoms with van der Waals surface area (Å²) in [5, 5.41) is 8.16. The van der Waals surface area contributed by atoms with Crippen molar-refractivity contribution < 1.29 is 9.21 Å². The van der Waals surface area contributed by atoms with Crippen LogP contribution in [0.2, 0.25) is 0 Å². The Balaban J connectivity index is 1.67. The molecule has 24 heavy (non-hydrogen) atoms.